The fraction of sp³-hybridized carbons (Fsp3) is 0.0423. The highest BCUT2D eigenvalue weighted by Crippen LogP contribution is 2.39. The SMILES string of the molecule is C1=CC(c2cccc(-n3c4ccccc4c4ccccc43)c2)CC=C1C1C=C(c2ccc(-c3cccc(-c4ccccc4)c3)cc2)C=C(c2cccc(-c3cccc(-n4c5ccccc5c5ccccc54)c3)c2)N1. The monoisotopic (exact) mass is 945 g/mol. The predicted octanol–water partition coefficient (Wildman–Crippen LogP) is 17.9. The molecule has 74 heavy (non-hydrogen) atoms. The normalized spacial score (nSPS) is 15.5. The van der Waals surface area contributed by atoms with E-state index in [1.165, 1.54) is 105 Å². The summed E-state index contributed by atoms with van der Waals surface area (Å²) in [6.07, 6.45) is 12.9. The van der Waals surface area contributed by atoms with E-state index < -0.39 is 0 Å². The van der Waals surface area contributed by atoms with Crippen LogP contribution in [0.15, 0.2) is 285 Å². The standard InChI is InChI=1S/C71H51N3/c1-2-16-48(17-3-1)53-18-12-19-54(42-53)49-34-36-51(37-35-49)59-46-66(52-40-38-50(39-41-52)56-21-14-24-60(44-56)73-68-30-8-4-26-62(68)63-27-5-9-31-69(63)73)72-67(47-59)58-23-13-20-55(43-58)57-22-15-25-61(45-57)74-70-32-10-6-28-64(70)65-29-7-11-33-71(65)74/h1-38,40-47,50,66,72H,39H2. The van der Waals surface area contributed by atoms with Crippen LogP contribution in [-0.4, -0.2) is 15.2 Å². The highest BCUT2D eigenvalue weighted by Gasteiger charge is 2.23. The number of benzene rings is 10. The van der Waals surface area contributed by atoms with Crippen molar-refractivity contribution in [1.82, 2.24) is 14.5 Å². The zero-order chi connectivity index (χ0) is 49.0. The summed E-state index contributed by atoms with van der Waals surface area (Å²) in [6.45, 7) is 0. The Bertz CT molecular complexity index is 4150. The molecule has 1 N–H and O–H groups in total. The van der Waals surface area contributed by atoms with E-state index >= 15 is 0 Å². The maximum absolute atomic E-state index is 4.02. The van der Waals surface area contributed by atoms with Gasteiger partial charge in [-0.2, -0.15) is 0 Å². The molecule has 2 aromatic heterocycles. The van der Waals surface area contributed by atoms with Crippen molar-refractivity contribution in [3.63, 3.8) is 0 Å². The number of aromatic nitrogens is 2. The molecule has 1 aliphatic heterocycles. The van der Waals surface area contributed by atoms with Gasteiger partial charge in [0.1, 0.15) is 0 Å². The molecular weight excluding hydrogens is 895 g/mol. The highest BCUT2D eigenvalue weighted by atomic mass is 15.0. The van der Waals surface area contributed by atoms with Crippen LogP contribution < -0.4 is 5.32 Å². The Balaban J connectivity index is 0.798. The zero-order valence-electron chi connectivity index (χ0n) is 40.8. The van der Waals surface area contributed by atoms with E-state index in [1.807, 2.05) is 0 Å². The lowest BCUT2D eigenvalue weighted by molar-refractivity contribution is 0.778. The molecule has 1 aliphatic carbocycles. The number of allylic oxidation sites excluding steroid dienone is 4. The Hall–Kier alpha value is -9.44. The van der Waals surface area contributed by atoms with Gasteiger partial charge in [0.25, 0.3) is 0 Å². The van der Waals surface area contributed by atoms with E-state index in [2.05, 4.69) is 294 Å². The summed E-state index contributed by atoms with van der Waals surface area (Å²) >= 11 is 0. The Morgan fingerprint density at radius 2 is 0.811 bits per heavy atom. The molecule has 350 valence electrons. The number of hydrogen-bond donors (Lipinski definition) is 1. The van der Waals surface area contributed by atoms with Crippen molar-refractivity contribution >= 4 is 54.9 Å². The van der Waals surface area contributed by atoms with Gasteiger partial charge in [0.15, 0.2) is 0 Å². The van der Waals surface area contributed by atoms with E-state index in [0.29, 0.717) is 0 Å². The third-order valence-corrected chi connectivity index (χ3v) is 15.3. The van der Waals surface area contributed by atoms with E-state index in [0.717, 1.165) is 23.4 Å². The van der Waals surface area contributed by atoms with Crippen LogP contribution in [0.4, 0.5) is 0 Å². The zero-order valence-corrected chi connectivity index (χ0v) is 40.8. The first-order valence-corrected chi connectivity index (χ1v) is 25.8. The second-order valence-corrected chi connectivity index (χ2v) is 19.7. The lowest BCUT2D eigenvalue weighted by Gasteiger charge is -2.28. The predicted molar refractivity (Wildman–Crippen MR) is 312 cm³/mol. The number of dihydropyridines is 1. The van der Waals surface area contributed by atoms with Crippen LogP contribution in [0, 0.1) is 0 Å². The van der Waals surface area contributed by atoms with E-state index in [1.54, 1.807) is 0 Å². The van der Waals surface area contributed by atoms with Gasteiger partial charge in [-0.25, -0.2) is 0 Å². The Kier molecular flexibility index (Phi) is 10.7. The van der Waals surface area contributed by atoms with Crippen LogP contribution >= 0.6 is 0 Å². The van der Waals surface area contributed by atoms with Crippen LogP contribution in [0.5, 0.6) is 0 Å². The van der Waals surface area contributed by atoms with Gasteiger partial charge in [0.05, 0.1) is 28.1 Å². The topological polar surface area (TPSA) is 21.9 Å². The number of para-hydroxylation sites is 4. The molecule has 0 bridgehead atoms. The number of rotatable bonds is 9. The van der Waals surface area contributed by atoms with Crippen molar-refractivity contribution in [3.05, 3.63) is 301 Å². The molecule has 3 heterocycles. The van der Waals surface area contributed by atoms with Gasteiger partial charge in [-0.3, -0.25) is 0 Å². The second-order valence-electron chi connectivity index (χ2n) is 19.7. The lowest BCUT2D eigenvalue weighted by atomic mass is 9.86. The van der Waals surface area contributed by atoms with E-state index in [9.17, 15) is 0 Å². The number of nitrogens with one attached hydrogen (secondary N) is 1. The van der Waals surface area contributed by atoms with Crippen LogP contribution in [0.2, 0.25) is 0 Å². The number of nitrogens with zero attached hydrogens (tertiary/aromatic N) is 2. The van der Waals surface area contributed by atoms with E-state index in [-0.39, 0.29) is 12.0 Å². The summed E-state index contributed by atoms with van der Waals surface area (Å²) in [6, 6.07) is 90.6. The van der Waals surface area contributed by atoms with Gasteiger partial charge in [-0.1, -0.05) is 206 Å². The van der Waals surface area contributed by atoms with Gasteiger partial charge in [-0.15, -0.1) is 0 Å². The molecule has 0 saturated carbocycles. The van der Waals surface area contributed by atoms with Crippen molar-refractivity contribution in [2.75, 3.05) is 0 Å². The Labute approximate surface area is 431 Å². The molecule has 0 spiro atoms. The minimum absolute atomic E-state index is 0.0318. The molecule has 10 aromatic carbocycles. The molecule has 12 aromatic rings. The molecule has 3 nitrogen and oxygen atoms in total. The molecule has 3 heteroatoms. The molecule has 2 atom stereocenters. The average Bonchev–Trinajstić information content (AvgIpc) is 4.01. The molecule has 2 unspecified atom stereocenters. The van der Waals surface area contributed by atoms with Gasteiger partial charge in [-0.05, 0) is 140 Å². The first-order chi connectivity index (χ1) is 36.7. The van der Waals surface area contributed by atoms with E-state index in [4.69, 9.17) is 0 Å². The summed E-state index contributed by atoms with van der Waals surface area (Å²) in [5.74, 6) is 0.261. The average molecular weight is 946 g/mol. The van der Waals surface area contributed by atoms with Crippen molar-refractivity contribution in [2.45, 2.75) is 18.4 Å². The maximum atomic E-state index is 4.02. The van der Waals surface area contributed by atoms with Crippen LogP contribution in [-0.2, 0) is 0 Å². The third-order valence-electron chi connectivity index (χ3n) is 15.3. The first-order valence-electron chi connectivity index (χ1n) is 25.8. The minimum atomic E-state index is -0.0318. The number of fused-ring (bicyclic) bond motifs is 6. The summed E-state index contributed by atoms with van der Waals surface area (Å²) in [7, 11) is 0. The van der Waals surface area contributed by atoms with Crippen molar-refractivity contribution < 1.29 is 0 Å². The van der Waals surface area contributed by atoms with Gasteiger partial charge in [0.2, 0.25) is 0 Å². The summed E-state index contributed by atoms with van der Waals surface area (Å²) in [5, 5.41) is 9.11. The molecule has 0 fully saturated rings. The Morgan fingerprint density at radius 3 is 1.39 bits per heavy atom. The van der Waals surface area contributed by atoms with Gasteiger partial charge in [0, 0.05) is 44.5 Å². The Morgan fingerprint density at radius 1 is 0.365 bits per heavy atom. The third kappa shape index (κ3) is 7.78. The summed E-state index contributed by atoms with van der Waals surface area (Å²) in [4.78, 5) is 0. The molecular formula is C71H51N3. The summed E-state index contributed by atoms with van der Waals surface area (Å²) < 4.78 is 4.81. The second kappa shape index (κ2) is 18.3. The van der Waals surface area contributed by atoms with Crippen molar-refractivity contribution in [1.29, 1.82) is 0 Å². The fourth-order valence-corrected chi connectivity index (χ4v) is 11.6. The maximum Gasteiger partial charge on any atom is 0.0704 e. The molecule has 14 rings (SSSR count). The molecule has 0 radical (unpaired) electrons. The van der Waals surface area contributed by atoms with Gasteiger partial charge < -0.3 is 14.5 Å². The van der Waals surface area contributed by atoms with Crippen molar-refractivity contribution in [3.8, 4) is 44.8 Å². The smallest absolute Gasteiger partial charge is 0.0704 e. The lowest BCUT2D eigenvalue weighted by Crippen LogP contribution is -2.30. The number of hydrogen-bond acceptors (Lipinski definition) is 1. The summed E-state index contributed by atoms with van der Waals surface area (Å²) in [5.41, 5.74) is 21.6. The van der Waals surface area contributed by atoms with Crippen LogP contribution in [0.1, 0.15) is 29.0 Å². The van der Waals surface area contributed by atoms with Crippen molar-refractivity contribution in [2.24, 2.45) is 0 Å². The first kappa shape index (κ1) is 43.4. The highest BCUT2D eigenvalue weighted by molar-refractivity contribution is 6.10. The van der Waals surface area contributed by atoms with Gasteiger partial charge >= 0.3 is 0 Å². The molecule has 0 amide bonds. The fourth-order valence-electron chi connectivity index (χ4n) is 11.6. The quantitative estimate of drug-likeness (QED) is 0.153. The molecule has 2 aliphatic rings. The van der Waals surface area contributed by atoms with Crippen LogP contribution in [0.25, 0.3) is 99.6 Å². The minimum Gasteiger partial charge on any atom is -0.374 e. The largest absolute Gasteiger partial charge is 0.374 e. The molecule has 0 saturated heterocycles. The van der Waals surface area contributed by atoms with Crippen LogP contribution in [0.3, 0.4) is 0 Å².